The van der Waals surface area contributed by atoms with Crippen molar-refractivity contribution in [3.8, 4) is 17.7 Å². The molecule has 0 fully saturated rings. The fourth-order valence-electron chi connectivity index (χ4n) is 1.61. The molecule has 0 bridgehead atoms. The lowest BCUT2D eigenvalue weighted by molar-refractivity contribution is 0.424. The average molecular weight is 286 g/mol. The summed E-state index contributed by atoms with van der Waals surface area (Å²) in [5, 5.41) is 11.8. The molecule has 5 nitrogen and oxygen atoms in total. The lowest BCUT2D eigenvalue weighted by atomic mass is 10.2. The minimum atomic E-state index is -0.602. The van der Waals surface area contributed by atoms with Gasteiger partial charge < -0.3 is 10.1 Å². The summed E-state index contributed by atoms with van der Waals surface area (Å²) in [5.41, 5.74) is 0.936. The van der Waals surface area contributed by atoms with Gasteiger partial charge in [0.05, 0.1) is 11.6 Å². The number of benzene rings is 1. The van der Waals surface area contributed by atoms with Crippen molar-refractivity contribution in [2.24, 2.45) is 0 Å². The summed E-state index contributed by atoms with van der Waals surface area (Å²) in [4.78, 5) is 8.34. The number of aromatic nitrogens is 2. The van der Waals surface area contributed by atoms with Crippen LogP contribution < -0.4 is 10.1 Å². The molecule has 2 aromatic rings. The highest BCUT2D eigenvalue weighted by molar-refractivity contribution is 5.40. The first-order chi connectivity index (χ1) is 10.1. The van der Waals surface area contributed by atoms with E-state index in [1.807, 2.05) is 13.0 Å². The van der Waals surface area contributed by atoms with E-state index in [4.69, 9.17) is 10.00 Å². The molecule has 0 aliphatic rings. The number of aryl methyl sites for hydroxylation is 1. The van der Waals surface area contributed by atoms with Crippen molar-refractivity contribution in [2.45, 2.75) is 20.3 Å². The van der Waals surface area contributed by atoms with Gasteiger partial charge in [0.1, 0.15) is 0 Å². The number of nitrogens with zero attached hydrogens (tertiary/aromatic N) is 3. The Hall–Kier alpha value is -2.68. The Morgan fingerprint density at radius 1 is 1.43 bits per heavy atom. The first kappa shape index (κ1) is 14.7. The molecule has 0 atom stereocenters. The Morgan fingerprint density at radius 2 is 2.24 bits per heavy atom. The molecule has 0 spiro atoms. The van der Waals surface area contributed by atoms with Gasteiger partial charge in [-0.25, -0.2) is 9.37 Å². The van der Waals surface area contributed by atoms with Crippen LogP contribution in [-0.4, -0.2) is 16.5 Å². The molecule has 0 saturated heterocycles. The molecule has 1 aromatic carbocycles. The van der Waals surface area contributed by atoms with Crippen molar-refractivity contribution >= 4 is 5.95 Å². The molecule has 6 heteroatoms. The minimum Gasteiger partial charge on any atom is -0.435 e. The number of nitriles is 1. The van der Waals surface area contributed by atoms with Crippen LogP contribution in [0.3, 0.4) is 0 Å². The van der Waals surface area contributed by atoms with Gasteiger partial charge in [-0.1, -0.05) is 6.92 Å². The van der Waals surface area contributed by atoms with Crippen molar-refractivity contribution in [1.82, 2.24) is 9.97 Å². The molecular weight excluding hydrogens is 271 g/mol. The SMILES string of the molecule is CCCNc1ncc(C)c(Oc2ccc(C#N)cc2F)n1. The van der Waals surface area contributed by atoms with Crippen molar-refractivity contribution in [2.75, 3.05) is 11.9 Å². The van der Waals surface area contributed by atoms with Crippen LogP contribution in [0.1, 0.15) is 24.5 Å². The Labute approximate surface area is 122 Å². The van der Waals surface area contributed by atoms with Gasteiger partial charge in [0.25, 0.3) is 0 Å². The smallest absolute Gasteiger partial charge is 0.227 e. The Bertz CT molecular complexity index is 682. The van der Waals surface area contributed by atoms with Gasteiger partial charge in [-0.15, -0.1) is 0 Å². The van der Waals surface area contributed by atoms with Gasteiger partial charge in [0.15, 0.2) is 11.6 Å². The third-order valence-corrected chi connectivity index (χ3v) is 2.73. The van der Waals surface area contributed by atoms with Crippen LogP contribution in [0.2, 0.25) is 0 Å². The van der Waals surface area contributed by atoms with Crippen LogP contribution in [-0.2, 0) is 0 Å². The molecule has 0 aliphatic carbocycles. The first-order valence-corrected chi connectivity index (χ1v) is 6.59. The predicted molar refractivity (Wildman–Crippen MR) is 76.7 cm³/mol. The van der Waals surface area contributed by atoms with E-state index >= 15 is 0 Å². The molecule has 0 saturated carbocycles. The van der Waals surface area contributed by atoms with Crippen LogP contribution in [0.4, 0.5) is 10.3 Å². The van der Waals surface area contributed by atoms with Crippen LogP contribution >= 0.6 is 0 Å². The minimum absolute atomic E-state index is 0.0252. The molecule has 1 N–H and O–H groups in total. The summed E-state index contributed by atoms with van der Waals surface area (Å²) in [7, 11) is 0. The van der Waals surface area contributed by atoms with Crippen molar-refractivity contribution in [1.29, 1.82) is 5.26 Å². The molecular formula is C15H15FN4O. The highest BCUT2D eigenvalue weighted by Crippen LogP contribution is 2.26. The van der Waals surface area contributed by atoms with Crippen LogP contribution in [0.5, 0.6) is 11.6 Å². The second kappa shape index (κ2) is 6.66. The van der Waals surface area contributed by atoms with Crippen LogP contribution in [0, 0.1) is 24.1 Å². The average Bonchev–Trinajstić information content (AvgIpc) is 2.49. The zero-order valence-electron chi connectivity index (χ0n) is 11.9. The van der Waals surface area contributed by atoms with E-state index in [2.05, 4.69) is 15.3 Å². The summed E-state index contributed by atoms with van der Waals surface area (Å²) >= 11 is 0. The predicted octanol–water partition coefficient (Wildman–Crippen LogP) is 3.41. The highest BCUT2D eigenvalue weighted by atomic mass is 19.1. The van der Waals surface area contributed by atoms with Gasteiger partial charge in [-0.2, -0.15) is 10.2 Å². The van der Waals surface area contributed by atoms with E-state index in [0.717, 1.165) is 19.0 Å². The van der Waals surface area contributed by atoms with Gasteiger partial charge >= 0.3 is 0 Å². The zero-order chi connectivity index (χ0) is 15.2. The summed E-state index contributed by atoms with van der Waals surface area (Å²) in [6.45, 7) is 4.55. The van der Waals surface area contributed by atoms with E-state index in [0.29, 0.717) is 11.5 Å². The monoisotopic (exact) mass is 286 g/mol. The molecule has 1 heterocycles. The molecule has 0 radical (unpaired) electrons. The Morgan fingerprint density at radius 3 is 2.90 bits per heavy atom. The molecule has 0 unspecified atom stereocenters. The maximum atomic E-state index is 13.8. The highest BCUT2D eigenvalue weighted by Gasteiger charge is 2.10. The number of rotatable bonds is 5. The van der Waals surface area contributed by atoms with Gasteiger partial charge in [0, 0.05) is 18.3 Å². The van der Waals surface area contributed by atoms with Crippen LogP contribution in [0.15, 0.2) is 24.4 Å². The zero-order valence-corrected chi connectivity index (χ0v) is 11.9. The number of hydrogen-bond donors (Lipinski definition) is 1. The van der Waals surface area contributed by atoms with E-state index in [1.54, 1.807) is 13.1 Å². The Balaban J connectivity index is 2.24. The molecule has 0 aliphatic heterocycles. The second-order valence-electron chi connectivity index (χ2n) is 4.47. The summed E-state index contributed by atoms with van der Waals surface area (Å²) in [6, 6.07) is 5.90. The largest absolute Gasteiger partial charge is 0.435 e. The summed E-state index contributed by atoms with van der Waals surface area (Å²) in [5.74, 6) is 0.145. The van der Waals surface area contributed by atoms with Gasteiger partial charge in [-0.3, -0.25) is 0 Å². The maximum absolute atomic E-state index is 13.8. The number of hydrogen-bond acceptors (Lipinski definition) is 5. The summed E-state index contributed by atoms with van der Waals surface area (Å²) in [6.07, 6.45) is 2.56. The van der Waals surface area contributed by atoms with Crippen molar-refractivity contribution in [3.63, 3.8) is 0 Å². The van der Waals surface area contributed by atoms with Crippen molar-refractivity contribution in [3.05, 3.63) is 41.3 Å². The Kier molecular flexibility index (Phi) is 4.67. The summed E-state index contributed by atoms with van der Waals surface area (Å²) < 4.78 is 19.3. The second-order valence-corrected chi connectivity index (χ2v) is 4.47. The van der Waals surface area contributed by atoms with Crippen molar-refractivity contribution < 1.29 is 9.13 Å². The topological polar surface area (TPSA) is 70.8 Å². The fourth-order valence-corrected chi connectivity index (χ4v) is 1.61. The van der Waals surface area contributed by atoms with E-state index in [-0.39, 0.29) is 17.2 Å². The van der Waals surface area contributed by atoms with Gasteiger partial charge in [0.2, 0.25) is 11.8 Å². The maximum Gasteiger partial charge on any atom is 0.227 e. The normalized spacial score (nSPS) is 10.0. The standard InChI is InChI=1S/C15H15FN4O/c1-3-6-18-15-19-9-10(2)14(20-15)21-13-5-4-11(8-17)7-12(13)16/h4-5,7,9H,3,6H2,1-2H3,(H,18,19,20). The number of anilines is 1. The number of nitrogens with one attached hydrogen (secondary N) is 1. The third-order valence-electron chi connectivity index (χ3n) is 2.73. The number of halogens is 1. The molecule has 1 aromatic heterocycles. The first-order valence-electron chi connectivity index (χ1n) is 6.59. The lowest BCUT2D eigenvalue weighted by Crippen LogP contribution is -2.05. The fraction of sp³-hybridized carbons (Fsp3) is 0.267. The molecule has 0 amide bonds. The van der Waals surface area contributed by atoms with E-state index in [9.17, 15) is 4.39 Å². The lowest BCUT2D eigenvalue weighted by Gasteiger charge is -2.10. The van der Waals surface area contributed by atoms with E-state index < -0.39 is 5.82 Å². The van der Waals surface area contributed by atoms with Crippen LogP contribution in [0.25, 0.3) is 0 Å². The molecule has 108 valence electrons. The van der Waals surface area contributed by atoms with E-state index in [1.165, 1.54) is 12.1 Å². The number of ether oxygens (including phenoxy) is 1. The molecule has 21 heavy (non-hydrogen) atoms. The molecule has 2 rings (SSSR count). The van der Waals surface area contributed by atoms with Gasteiger partial charge in [-0.05, 0) is 31.5 Å². The quantitative estimate of drug-likeness (QED) is 0.912. The third kappa shape index (κ3) is 3.66.